The highest BCUT2D eigenvalue weighted by molar-refractivity contribution is 6.05. The van der Waals surface area contributed by atoms with Crippen LogP contribution in [0.15, 0.2) is 23.3 Å². The van der Waals surface area contributed by atoms with E-state index in [9.17, 15) is 53.9 Å². The van der Waals surface area contributed by atoms with Gasteiger partial charge in [-0.3, -0.25) is 19.3 Å². The van der Waals surface area contributed by atoms with Crippen molar-refractivity contribution in [3.63, 3.8) is 0 Å². The number of ether oxygens (including phenoxy) is 1. The number of pyridine rings is 1. The van der Waals surface area contributed by atoms with E-state index in [1.54, 1.807) is 5.10 Å². The number of rotatable bonds is 8. The number of H-pyrrole nitrogens is 1. The van der Waals surface area contributed by atoms with Crippen LogP contribution in [0.1, 0.15) is 24.5 Å². The van der Waals surface area contributed by atoms with E-state index >= 15 is 0 Å². The summed E-state index contributed by atoms with van der Waals surface area (Å²) in [4.78, 5) is 43.9. The molecule has 4 rings (SSSR count). The van der Waals surface area contributed by atoms with Crippen LogP contribution in [-0.4, -0.2) is 89.5 Å². The highest BCUT2D eigenvalue weighted by Crippen LogP contribution is 2.41. The first-order chi connectivity index (χ1) is 20.4. The summed E-state index contributed by atoms with van der Waals surface area (Å²) < 4.78 is 125. The number of hydrogen-bond acceptors (Lipinski definition) is 8. The lowest BCUT2D eigenvalue weighted by Gasteiger charge is -2.47. The first-order valence-electron chi connectivity index (χ1n) is 12.9. The Bertz CT molecular complexity index is 1440. The molecule has 2 aliphatic rings. The van der Waals surface area contributed by atoms with Gasteiger partial charge in [0.1, 0.15) is 18.2 Å². The molecular formula is C24H24F9N7O4. The average Bonchev–Trinajstić information content (AvgIpc) is 2.91. The fraction of sp³-hybridized carbons (Fsp3) is 0.542. The van der Waals surface area contributed by atoms with Crippen molar-refractivity contribution in [2.24, 2.45) is 0 Å². The minimum absolute atomic E-state index is 0.0300. The van der Waals surface area contributed by atoms with Gasteiger partial charge in [0.15, 0.2) is 5.82 Å². The Morgan fingerprint density at radius 1 is 1.09 bits per heavy atom. The summed E-state index contributed by atoms with van der Waals surface area (Å²) in [5.74, 6) is -1.96. The molecule has 0 radical (unpaired) electrons. The number of aromatic nitrogens is 3. The second-order valence-corrected chi connectivity index (χ2v) is 10.0. The maximum Gasteiger partial charge on any atom is 0.423 e. The number of amides is 2. The maximum absolute atomic E-state index is 13.3. The van der Waals surface area contributed by atoms with Gasteiger partial charge >= 0.3 is 18.5 Å². The van der Waals surface area contributed by atoms with Gasteiger partial charge in [0, 0.05) is 25.3 Å². The van der Waals surface area contributed by atoms with Gasteiger partial charge in [-0.15, -0.1) is 0 Å². The second-order valence-electron chi connectivity index (χ2n) is 10.0. The van der Waals surface area contributed by atoms with Crippen LogP contribution < -0.4 is 20.7 Å². The van der Waals surface area contributed by atoms with Crippen LogP contribution in [0.2, 0.25) is 0 Å². The second kappa shape index (κ2) is 12.1. The van der Waals surface area contributed by atoms with Crippen LogP contribution in [-0.2, 0) is 26.7 Å². The molecule has 2 aliphatic heterocycles. The lowest BCUT2D eigenvalue weighted by Crippen LogP contribution is -2.64. The Morgan fingerprint density at radius 3 is 2.43 bits per heavy atom. The summed E-state index contributed by atoms with van der Waals surface area (Å²) >= 11 is 0. The van der Waals surface area contributed by atoms with Crippen molar-refractivity contribution in [1.82, 2.24) is 20.1 Å². The number of anilines is 3. The predicted molar refractivity (Wildman–Crippen MR) is 134 cm³/mol. The molecule has 2 atom stereocenters. The third-order valence-electron chi connectivity index (χ3n) is 6.73. The minimum atomic E-state index is -4.95. The third kappa shape index (κ3) is 7.33. The summed E-state index contributed by atoms with van der Waals surface area (Å²) in [5.41, 5.74) is -5.47. The number of nitrogens with one attached hydrogen (secondary N) is 2. The normalized spacial score (nSPS) is 18.2. The monoisotopic (exact) mass is 645 g/mol. The quantitative estimate of drug-likeness (QED) is 0.332. The van der Waals surface area contributed by atoms with Crippen LogP contribution in [0.5, 0.6) is 0 Å². The smallest absolute Gasteiger partial charge is 0.379 e. The molecule has 11 nitrogen and oxygen atoms in total. The van der Waals surface area contributed by atoms with Gasteiger partial charge in [0.05, 0.1) is 49.3 Å². The molecule has 0 spiro atoms. The Hall–Kier alpha value is -4.10. The lowest BCUT2D eigenvalue weighted by atomic mass is 10.0. The number of carbonyl (C=O) groups excluding carboxylic acids is 2. The van der Waals surface area contributed by atoms with E-state index in [-0.39, 0.29) is 50.0 Å². The molecule has 44 heavy (non-hydrogen) atoms. The van der Waals surface area contributed by atoms with E-state index in [4.69, 9.17) is 4.74 Å². The summed E-state index contributed by atoms with van der Waals surface area (Å²) in [6, 6.07) is -1.67. The van der Waals surface area contributed by atoms with Crippen molar-refractivity contribution < 1.29 is 53.8 Å². The molecule has 2 N–H and O–H groups in total. The number of hydrogen-bond donors (Lipinski definition) is 2. The van der Waals surface area contributed by atoms with Gasteiger partial charge in [-0.1, -0.05) is 0 Å². The summed E-state index contributed by atoms with van der Waals surface area (Å²) in [6.45, 7) is -1.33. The van der Waals surface area contributed by atoms with E-state index in [1.807, 2.05) is 0 Å². The first-order valence-corrected chi connectivity index (χ1v) is 12.9. The zero-order chi connectivity index (χ0) is 32.6. The van der Waals surface area contributed by atoms with Crippen molar-refractivity contribution in [3.05, 3.63) is 39.9 Å². The van der Waals surface area contributed by atoms with Gasteiger partial charge in [-0.2, -0.15) is 44.6 Å². The standard InChI is InChI=1S/C24H24F9N7O4/c1-12(36-14-8-35-37-20(42)18(14)24(31,32)33)10-44-5-2-17(41)38-3-4-39-16(9-38)21(43)40(11-22(25,26)27)15-6-13(23(28,29)30)7-34-19(15)39/h6-8,12,16H,2-5,9-11H2,1H3,(H2,36,37,42)/t12-,16-/m0/s1. The van der Waals surface area contributed by atoms with Crippen LogP contribution >= 0.6 is 0 Å². The summed E-state index contributed by atoms with van der Waals surface area (Å²) in [6.07, 6.45) is -13.8. The Morgan fingerprint density at radius 2 is 1.80 bits per heavy atom. The Labute approximate surface area is 241 Å². The van der Waals surface area contributed by atoms with Crippen LogP contribution in [0.4, 0.5) is 56.7 Å². The number of fused-ring (bicyclic) bond motifs is 3. The van der Waals surface area contributed by atoms with Gasteiger partial charge in [-0.25, -0.2) is 10.1 Å². The highest BCUT2D eigenvalue weighted by Gasteiger charge is 2.47. The molecule has 20 heteroatoms. The number of piperazine rings is 1. The molecule has 0 saturated carbocycles. The molecule has 2 aromatic rings. The number of alkyl halides is 9. The molecule has 0 bridgehead atoms. The molecule has 0 aliphatic carbocycles. The zero-order valence-corrected chi connectivity index (χ0v) is 22.6. The largest absolute Gasteiger partial charge is 0.423 e. The first kappa shape index (κ1) is 32.8. The van der Waals surface area contributed by atoms with Gasteiger partial charge in [0.2, 0.25) is 5.91 Å². The van der Waals surface area contributed by atoms with Crippen molar-refractivity contribution in [1.29, 1.82) is 0 Å². The van der Waals surface area contributed by atoms with Crippen molar-refractivity contribution >= 4 is 29.0 Å². The van der Waals surface area contributed by atoms with E-state index in [2.05, 4.69) is 15.4 Å². The van der Waals surface area contributed by atoms with Crippen molar-refractivity contribution in [3.8, 4) is 0 Å². The van der Waals surface area contributed by atoms with Gasteiger partial charge in [0.25, 0.3) is 11.5 Å². The number of aromatic amines is 1. The Balaban J connectivity index is 1.37. The molecule has 0 aromatic carbocycles. The van der Waals surface area contributed by atoms with E-state index < -0.39 is 77.0 Å². The molecular weight excluding hydrogens is 621 g/mol. The summed E-state index contributed by atoms with van der Waals surface area (Å²) in [7, 11) is 0. The fourth-order valence-electron chi connectivity index (χ4n) is 4.81. The number of nitrogens with zero attached hydrogens (tertiary/aromatic N) is 5. The molecule has 0 unspecified atom stereocenters. The lowest BCUT2D eigenvalue weighted by molar-refractivity contribution is -0.139. The fourth-order valence-corrected chi connectivity index (χ4v) is 4.81. The highest BCUT2D eigenvalue weighted by atomic mass is 19.4. The minimum Gasteiger partial charge on any atom is -0.379 e. The molecule has 1 fully saturated rings. The van der Waals surface area contributed by atoms with Gasteiger partial charge < -0.3 is 19.9 Å². The van der Waals surface area contributed by atoms with Crippen molar-refractivity contribution in [2.75, 3.05) is 54.5 Å². The topological polar surface area (TPSA) is 124 Å². The maximum atomic E-state index is 13.3. The molecule has 1 saturated heterocycles. The van der Waals surface area contributed by atoms with E-state index in [0.29, 0.717) is 12.3 Å². The Kier molecular flexibility index (Phi) is 9.04. The van der Waals surface area contributed by atoms with Crippen LogP contribution in [0.3, 0.4) is 0 Å². The molecule has 2 aromatic heterocycles. The molecule has 2 amide bonds. The average molecular weight is 645 g/mol. The predicted octanol–water partition coefficient (Wildman–Crippen LogP) is 3.04. The summed E-state index contributed by atoms with van der Waals surface area (Å²) in [5, 5.41) is 7.51. The number of halogens is 9. The van der Waals surface area contributed by atoms with Gasteiger partial charge in [-0.05, 0) is 13.0 Å². The third-order valence-corrected chi connectivity index (χ3v) is 6.73. The van der Waals surface area contributed by atoms with E-state index in [0.717, 1.165) is 6.20 Å². The number of carbonyl (C=O) groups is 2. The van der Waals surface area contributed by atoms with Crippen LogP contribution in [0, 0.1) is 0 Å². The zero-order valence-electron chi connectivity index (χ0n) is 22.6. The van der Waals surface area contributed by atoms with Crippen molar-refractivity contribution in [2.45, 2.75) is 44.0 Å². The van der Waals surface area contributed by atoms with Crippen LogP contribution in [0.25, 0.3) is 0 Å². The SMILES string of the molecule is C[C@@H](COCCC(=O)N1CCN2c3ncc(C(F)(F)F)cc3N(CC(F)(F)F)C(=O)[C@@H]2C1)Nc1cn[nH]c(=O)c1C(F)(F)F. The van der Waals surface area contributed by atoms with E-state index in [1.165, 1.54) is 16.7 Å². The molecule has 242 valence electrons. The molecule has 4 heterocycles.